The minimum atomic E-state index is -0.103. The number of nitrogens with zero attached hydrogens (tertiary/aromatic N) is 2. The van der Waals surface area contributed by atoms with Gasteiger partial charge >= 0.3 is 0 Å². The van der Waals surface area contributed by atoms with Crippen LogP contribution in [0.5, 0.6) is 0 Å². The first kappa shape index (κ1) is 19.4. The Morgan fingerprint density at radius 1 is 1.21 bits per heavy atom. The molecule has 0 radical (unpaired) electrons. The van der Waals surface area contributed by atoms with Crippen molar-refractivity contribution in [2.75, 3.05) is 5.32 Å². The molecule has 2 aromatic heterocycles. The maximum atomic E-state index is 12.4. The second kappa shape index (κ2) is 8.59. The van der Waals surface area contributed by atoms with Gasteiger partial charge in [-0.05, 0) is 31.2 Å². The lowest BCUT2D eigenvalue weighted by Crippen LogP contribution is -2.12. The molecule has 2 heterocycles. The zero-order valence-corrected chi connectivity index (χ0v) is 17.3. The van der Waals surface area contributed by atoms with E-state index in [9.17, 15) is 4.79 Å². The van der Waals surface area contributed by atoms with E-state index < -0.39 is 0 Å². The van der Waals surface area contributed by atoms with Crippen LogP contribution in [0.4, 0.5) is 5.69 Å². The van der Waals surface area contributed by atoms with E-state index in [0.717, 1.165) is 27.5 Å². The quantitative estimate of drug-likeness (QED) is 0.413. The molecule has 0 spiro atoms. The summed E-state index contributed by atoms with van der Waals surface area (Å²) in [5.41, 5.74) is 3.41. The number of hydrogen-bond acceptors (Lipinski definition) is 5. The van der Waals surface area contributed by atoms with Gasteiger partial charge in [-0.3, -0.25) is 4.79 Å². The number of carbonyl (C=O) groups is 1. The largest absolute Gasteiger partial charge is 0.441 e. The minimum absolute atomic E-state index is 0.103. The third-order valence-corrected chi connectivity index (χ3v) is 5.42. The number of rotatable bonds is 6. The summed E-state index contributed by atoms with van der Waals surface area (Å²) in [6, 6.07) is 15.1. The number of amides is 1. The Bertz CT molecular complexity index is 1150. The van der Waals surface area contributed by atoms with E-state index >= 15 is 0 Å². The predicted molar refractivity (Wildman–Crippen MR) is 116 cm³/mol. The first-order valence-electron chi connectivity index (χ1n) is 9.10. The molecule has 0 aliphatic rings. The van der Waals surface area contributed by atoms with Crippen LogP contribution in [0.2, 0.25) is 5.02 Å². The highest BCUT2D eigenvalue weighted by molar-refractivity contribution is 7.09. The Labute approximate surface area is 177 Å². The monoisotopic (exact) mass is 423 g/mol. The van der Waals surface area contributed by atoms with Gasteiger partial charge in [0.05, 0.1) is 21.9 Å². The van der Waals surface area contributed by atoms with Crippen molar-refractivity contribution in [2.45, 2.75) is 19.8 Å². The van der Waals surface area contributed by atoms with Gasteiger partial charge in [0.15, 0.2) is 11.7 Å². The summed E-state index contributed by atoms with van der Waals surface area (Å²) >= 11 is 7.79. The van der Waals surface area contributed by atoms with Crippen LogP contribution in [-0.2, 0) is 11.2 Å². The Balaban J connectivity index is 1.37. The summed E-state index contributed by atoms with van der Waals surface area (Å²) in [5, 5.41) is 6.54. The smallest absolute Gasteiger partial charge is 0.224 e. The van der Waals surface area contributed by atoms with E-state index in [-0.39, 0.29) is 12.3 Å². The molecule has 2 aromatic carbocycles. The fraction of sp³-hybridized carbons (Fsp3) is 0.136. The topological polar surface area (TPSA) is 68.0 Å². The normalized spacial score (nSPS) is 10.8. The lowest BCUT2D eigenvalue weighted by atomic mass is 10.1. The standard InChI is InChI=1S/C22H18ClN3O2S/c1-14-25-19(13-29-14)15-5-4-6-16(11-15)26-21(27)9-10-22-24-12-20(28-22)17-7-2-3-8-18(17)23/h2-8,11-13H,9-10H2,1H3,(H,26,27). The number of benzene rings is 2. The van der Waals surface area contributed by atoms with Crippen LogP contribution < -0.4 is 5.32 Å². The molecule has 0 aliphatic carbocycles. The molecule has 0 unspecified atom stereocenters. The van der Waals surface area contributed by atoms with Gasteiger partial charge in [-0.25, -0.2) is 9.97 Å². The van der Waals surface area contributed by atoms with Gasteiger partial charge in [0, 0.05) is 35.0 Å². The van der Waals surface area contributed by atoms with Crippen LogP contribution in [0.25, 0.3) is 22.6 Å². The molecule has 4 aromatic rings. The average Bonchev–Trinajstić information content (AvgIpc) is 3.36. The second-order valence-corrected chi connectivity index (χ2v) is 7.95. The van der Waals surface area contributed by atoms with E-state index in [1.165, 1.54) is 0 Å². The molecule has 29 heavy (non-hydrogen) atoms. The van der Waals surface area contributed by atoms with Crippen LogP contribution in [-0.4, -0.2) is 15.9 Å². The summed E-state index contributed by atoms with van der Waals surface area (Å²) in [6.45, 7) is 1.97. The van der Waals surface area contributed by atoms with Gasteiger partial charge in [0.2, 0.25) is 5.91 Å². The highest BCUT2D eigenvalue weighted by Gasteiger charge is 2.12. The van der Waals surface area contributed by atoms with Crippen molar-refractivity contribution in [3.63, 3.8) is 0 Å². The van der Waals surface area contributed by atoms with Gasteiger partial charge in [0.1, 0.15) is 0 Å². The summed E-state index contributed by atoms with van der Waals surface area (Å²) in [6.07, 6.45) is 2.30. The molecule has 146 valence electrons. The molecule has 0 atom stereocenters. The van der Waals surface area contributed by atoms with E-state index in [1.807, 2.05) is 54.8 Å². The maximum Gasteiger partial charge on any atom is 0.224 e. The number of thiazole rings is 1. The summed E-state index contributed by atoms with van der Waals surface area (Å²) in [7, 11) is 0. The van der Waals surface area contributed by atoms with Gasteiger partial charge in [-0.1, -0.05) is 35.9 Å². The van der Waals surface area contributed by atoms with Crippen molar-refractivity contribution < 1.29 is 9.21 Å². The molecule has 0 saturated carbocycles. The van der Waals surface area contributed by atoms with Crippen LogP contribution in [0.15, 0.2) is 64.5 Å². The molecule has 0 saturated heterocycles. The number of hydrogen-bond donors (Lipinski definition) is 1. The zero-order chi connectivity index (χ0) is 20.2. The molecule has 4 rings (SSSR count). The van der Waals surface area contributed by atoms with E-state index in [1.54, 1.807) is 23.6 Å². The van der Waals surface area contributed by atoms with Gasteiger partial charge in [-0.2, -0.15) is 0 Å². The van der Waals surface area contributed by atoms with Crippen molar-refractivity contribution in [3.05, 3.63) is 76.0 Å². The van der Waals surface area contributed by atoms with Crippen molar-refractivity contribution in [3.8, 4) is 22.6 Å². The highest BCUT2D eigenvalue weighted by atomic mass is 35.5. The molecule has 0 fully saturated rings. The van der Waals surface area contributed by atoms with Crippen LogP contribution in [0.3, 0.4) is 0 Å². The summed E-state index contributed by atoms with van der Waals surface area (Å²) in [5.74, 6) is 0.994. The predicted octanol–water partition coefficient (Wildman–Crippen LogP) is 6.00. The number of anilines is 1. The van der Waals surface area contributed by atoms with Gasteiger partial charge < -0.3 is 9.73 Å². The molecule has 0 aliphatic heterocycles. The first-order chi connectivity index (χ1) is 14.1. The zero-order valence-electron chi connectivity index (χ0n) is 15.7. The van der Waals surface area contributed by atoms with Crippen LogP contribution in [0, 0.1) is 6.92 Å². The Kier molecular flexibility index (Phi) is 5.74. The fourth-order valence-corrected chi connectivity index (χ4v) is 3.76. The fourth-order valence-electron chi connectivity index (χ4n) is 2.91. The lowest BCUT2D eigenvalue weighted by Gasteiger charge is -2.06. The van der Waals surface area contributed by atoms with E-state index in [2.05, 4.69) is 15.3 Å². The number of aryl methyl sites for hydroxylation is 2. The third kappa shape index (κ3) is 4.72. The molecule has 7 heteroatoms. The van der Waals surface area contributed by atoms with Crippen molar-refractivity contribution in [2.24, 2.45) is 0 Å². The molecule has 5 nitrogen and oxygen atoms in total. The number of carbonyl (C=O) groups excluding carboxylic acids is 1. The minimum Gasteiger partial charge on any atom is -0.441 e. The Hall–Kier alpha value is -2.96. The Morgan fingerprint density at radius 2 is 2.07 bits per heavy atom. The summed E-state index contributed by atoms with van der Waals surface area (Å²) in [4.78, 5) is 21.1. The van der Waals surface area contributed by atoms with E-state index in [4.69, 9.17) is 16.0 Å². The van der Waals surface area contributed by atoms with Gasteiger partial charge in [-0.15, -0.1) is 11.3 Å². The maximum absolute atomic E-state index is 12.4. The molecule has 1 N–H and O–H groups in total. The van der Waals surface area contributed by atoms with Crippen LogP contribution in [0.1, 0.15) is 17.3 Å². The first-order valence-corrected chi connectivity index (χ1v) is 10.4. The van der Waals surface area contributed by atoms with Crippen molar-refractivity contribution in [1.29, 1.82) is 0 Å². The highest BCUT2D eigenvalue weighted by Crippen LogP contribution is 2.28. The van der Waals surface area contributed by atoms with Crippen molar-refractivity contribution >= 4 is 34.5 Å². The van der Waals surface area contributed by atoms with Crippen molar-refractivity contribution in [1.82, 2.24) is 9.97 Å². The SMILES string of the molecule is Cc1nc(-c2cccc(NC(=O)CCc3ncc(-c4ccccc4Cl)o3)c2)cs1. The number of oxazole rings is 1. The average molecular weight is 424 g/mol. The number of halogens is 1. The molecule has 1 amide bonds. The lowest BCUT2D eigenvalue weighted by molar-refractivity contribution is -0.116. The van der Waals surface area contributed by atoms with E-state index in [0.29, 0.717) is 23.1 Å². The molecular formula is C22H18ClN3O2S. The number of nitrogens with one attached hydrogen (secondary N) is 1. The summed E-state index contributed by atoms with van der Waals surface area (Å²) < 4.78 is 5.75. The van der Waals surface area contributed by atoms with Crippen LogP contribution >= 0.6 is 22.9 Å². The number of aromatic nitrogens is 2. The van der Waals surface area contributed by atoms with Gasteiger partial charge in [0.25, 0.3) is 0 Å². The third-order valence-electron chi connectivity index (χ3n) is 4.32. The second-order valence-electron chi connectivity index (χ2n) is 6.48. The molecular weight excluding hydrogens is 406 g/mol. The molecule has 0 bridgehead atoms. The Morgan fingerprint density at radius 3 is 2.86 bits per heavy atom.